The van der Waals surface area contributed by atoms with E-state index in [1.807, 2.05) is 12.1 Å². The lowest BCUT2D eigenvalue weighted by molar-refractivity contribution is 0.179. The number of fused-ring (bicyclic) bond motifs is 2. The van der Waals surface area contributed by atoms with Gasteiger partial charge in [-0.15, -0.1) is 0 Å². The zero-order valence-electron chi connectivity index (χ0n) is 13.3. The molecule has 2 nitrogen and oxygen atoms in total. The van der Waals surface area contributed by atoms with Crippen molar-refractivity contribution < 1.29 is 5.11 Å². The maximum Gasteiger partial charge on any atom is 0.0836 e. The standard InChI is InChI=1S/C20H23NO/c1-21(2)13-7-12-17-16-9-4-3-8-15(16)14-20(22)19-11-6-5-10-18(17)19/h3-6,8-12,20,22H,7,13-14H2,1-2H3/b17-12+/t20-/m0/s1. The van der Waals surface area contributed by atoms with Gasteiger partial charge in [-0.2, -0.15) is 0 Å². The topological polar surface area (TPSA) is 23.5 Å². The first kappa shape index (κ1) is 15.0. The monoisotopic (exact) mass is 293 g/mol. The molecule has 2 aromatic carbocycles. The summed E-state index contributed by atoms with van der Waals surface area (Å²) in [5.74, 6) is 0. The molecule has 0 heterocycles. The summed E-state index contributed by atoms with van der Waals surface area (Å²) in [6.45, 7) is 1.02. The fraction of sp³-hybridized carbons (Fsp3) is 0.300. The van der Waals surface area contributed by atoms with Gasteiger partial charge in [0.25, 0.3) is 0 Å². The average molecular weight is 293 g/mol. The fourth-order valence-corrected chi connectivity index (χ4v) is 3.14. The van der Waals surface area contributed by atoms with Crippen molar-refractivity contribution in [2.45, 2.75) is 18.9 Å². The maximum atomic E-state index is 10.6. The lowest BCUT2D eigenvalue weighted by Crippen LogP contribution is -2.12. The summed E-state index contributed by atoms with van der Waals surface area (Å²) in [5, 5.41) is 10.6. The van der Waals surface area contributed by atoms with E-state index >= 15 is 0 Å². The van der Waals surface area contributed by atoms with Gasteiger partial charge in [0.05, 0.1) is 6.10 Å². The van der Waals surface area contributed by atoms with Gasteiger partial charge in [0.1, 0.15) is 0 Å². The SMILES string of the molecule is CN(C)CC/C=C1\c2ccccc2C[C@H](O)c2ccccc21. The Morgan fingerprint density at radius 3 is 2.50 bits per heavy atom. The number of aliphatic hydroxyl groups is 1. The molecular formula is C20H23NO. The quantitative estimate of drug-likeness (QED) is 0.933. The largest absolute Gasteiger partial charge is 0.388 e. The van der Waals surface area contributed by atoms with Gasteiger partial charge in [-0.1, -0.05) is 54.6 Å². The molecule has 0 aromatic heterocycles. The van der Waals surface area contributed by atoms with Crippen molar-refractivity contribution in [3.63, 3.8) is 0 Å². The molecule has 0 saturated carbocycles. The Bertz CT molecular complexity index is 688. The lowest BCUT2D eigenvalue weighted by atomic mass is 9.93. The van der Waals surface area contributed by atoms with Crippen molar-refractivity contribution in [2.24, 2.45) is 0 Å². The second-order valence-electron chi connectivity index (χ2n) is 6.17. The molecule has 0 saturated heterocycles. The second-order valence-corrected chi connectivity index (χ2v) is 6.17. The summed E-state index contributed by atoms with van der Waals surface area (Å²) in [5.41, 5.74) is 5.94. The maximum absolute atomic E-state index is 10.6. The highest BCUT2D eigenvalue weighted by Gasteiger charge is 2.22. The summed E-state index contributed by atoms with van der Waals surface area (Å²) < 4.78 is 0. The molecule has 0 spiro atoms. The Morgan fingerprint density at radius 1 is 1.05 bits per heavy atom. The molecule has 0 amide bonds. The molecular weight excluding hydrogens is 270 g/mol. The Hall–Kier alpha value is -1.90. The van der Waals surface area contributed by atoms with E-state index in [0.29, 0.717) is 6.42 Å². The van der Waals surface area contributed by atoms with E-state index in [9.17, 15) is 5.11 Å². The normalized spacial score (nSPS) is 18.9. The molecule has 2 aromatic rings. The summed E-state index contributed by atoms with van der Waals surface area (Å²) >= 11 is 0. The molecule has 0 aliphatic heterocycles. The average Bonchev–Trinajstić information content (AvgIpc) is 2.63. The minimum Gasteiger partial charge on any atom is -0.388 e. The zero-order chi connectivity index (χ0) is 15.5. The summed E-state index contributed by atoms with van der Waals surface area (Å²) in [7, 11) is 4.19. The first-order chi connectivity index (χ1) is 10.7. The van der Waals surface area contributed by atoms with Gasteiger partial charge >= 0.3 is 0 Å². The van der Waals surface area contributed by atoms with Gasteiger partial charge in [0.2, 0.25) is 0 Å². The van der Waals surface area contributed by atoms with Crippen LogP contribution in [0.1, 0.15) is 34.8 Å². The van der Waals surface area contributed by atoms with Crippen molar-refractivity contribution in [1.82, 2.24) is 4.90 Å². The fourth-order valence-electron chi connectivity index (χ4n) is 3.14. The third-order valence-corrected chi connectivity index (χ3v) is 4.26. The Labute approximate surface area is 132 Å². The van der Waals surface area contributed by atoms with E-state index in [-0.39, 0.29) is 0 Å². The number of benzene rings is 2. The van der Waals surface area contributed by atoms with Crippen LogP contribution in [0.3, 0.4) is 0 Å². The van der Waals surface area contributed by atoms with Gasteiger partial charge in [-0.3, -0.25) is 0 Å². The van der Waals surface area contributed by atoms with E-state index in [1.165, 1.54) is 22.3 Å². The van der Waals surface area contributed by atoms with Crippen molar-refractivity contribution in [3.8, 4) is 0 Å². The number of hydrogen-bond donors (Lipinski definition) is 1. The van der Waals surface area contributed by atoms with E-state index in [0.717, 1.165) is 18.5 Å². The van der Waals surface area contributed by atoms with Gasteiger partial charge < -0.3 is 10.0 Å². The number of nitrogens with zero attached hydrogens (tertiary/aromatic N) is 1. The Morgan fingerprint density at radius 2 is 1.73 bits per heavy atom. The minimum absolute atomic E-state index is 0.433. The van der Waals surface area contributed by atoms with Gasteiger partial charge in [0.15, 0.2) is 0 Å². The van der Waals surface area contributed by atoms with Crippen molar-refractivity contribution in [1.29, 1.82) is 0 Å². The molecule has 0 bridgehead atoms. The highest BCUT2D eigenvalue weighted by Crippen LogP contribution is 2.37. The predicted octanol–water partition coefficient (Wildman–Crippen LogP) is 3.66. The highest BCUT2D eigenvalue weighted by molar-refractivity contribution is 5.84. The highest BCUT2D eigenvalue weighted by atomic mass is 16.3. The molecule has 1 aliphatic rings. The molecule has 0 unspecified atom stereocenters. The third kappa shape index (κ3) is 2.99. The summed E-state index contributed by atoms with van der Waals surface area (Å²) in [4.78, 5) is 2.19. The number of aliphatic hydroxyl groups excluding tert-OH is 1. The first-order valence-electron chi connectivity index (χ1n) is 7.87. The summed E-state index contributed by atoms with van der Waals surface area (Å²) in [6, 6.07) is 16.7. The molecule has 0 fully saturated rings. The molecule has 1 N–H and O–H groups in total. The Balaban J connectivity index is 2.11. The van der Waals surface area contributed by atoms with Crippen LogP contribution < -0.4 is 0 Å². The van der Waals surface area contributed by atoms with E-state index in [2.05, 4.69) is 61.5 Å². The minimum atomic E-state index is -0.433. The molecule has 0 radical (unpaired) electrons. The predicted molar refractivity (Wildman–Crippen MR) is 91.8 cm³/mol. The molecule has 1 aliphatic carbocycles. The molecule has 2 heteroatoms. The molecule has 3 rings (SSSR count). The number of hydrogen-bond acceptors (Lipinski definition) is 2. The van der Waals surface area contributed by atoms with E-state index < -0.39 is 6.10 Å². The molecule has 114 valence electrons. The van der Waals surface area contributed by atoms with Crippen LogP contribution >= 0.6 is 0 Å². The van der Waals surface area contributed by atoms with Gasteiger partial charge in [-0.25, -0.2) is 0 Å². The first-order valence-corrected chi connectivity index (χ1v) is 7.87. The second kappa shape index (κ2) is 6.47. The van der Waals surface area contributed by atoms with E-state index in [4.69, 9.17) is 0 Å². The summed E-state index contributed by atoms with van der Waals surface area (Å²) in [6.07, 6.45) is 3.56. The molecule has 22 heavy (non-hydrogen) atoms. The lowest BCUT2D eigenvalue weighted by Gasteiger charge is -2.14. The van der Waals surface area contributed by atoms with E-state index in [1.54, 1.807) is 0 Å². The van der Waals surface area contributed by atoms with Crippen LogP contribution in [-0.4, -0.2) is 30.6 Å². The van der Waals surface area contributed by atoms with Gasteiger partial charge in [-0.05, 0) is 48.3 Å². The van der Waals surface area contributed by atoms with Crippen molar-refractivity contribution >= 4 is 5.57 Å². The van der Waals surface area contributed by atoms with Gasteiger partial charge in [0, 0.05) is 13.0 Å². The zero-order valence-corrected chi connectivity index (χ0v) is 13.3. The van der Waals surface area contributed by atoms with Crippen LogP contribution in [0.2, 0.25) is 0 Å². The van der Waals surface area contributed by atoms with Crippen LogP contribution in [0, 0.1) is 0 Å². The Kier molecular flexibility index (Phi) is 4.41. The van der Waals surface area contributed by atoms with Crippen LogP contribution in [-0.2, 0) is 6.42 Å². The molecule has 1 atom stereocenters. The van der Waals surface area contributed by atoms with Crippen LogP contribution in [0.5, 0.6) is 0 Å². The third-order valence-electron chi connectivity index (χ3n) is 4.26. The van der Waals surface area contributed by atoms with Crippen molar-refractivity contribution in [2.75, 3.05) is 20.6 Å². The van der Waals surface area contributed by atoms with Crippen LogP contribution in [0.25, 0.3) is 5.57 Å². The van der Waals surface area contributed by atoms with Crippen LogP contribution in [0.15, 0.2) is 54.6 Å². The number of rotatable bonds is 3. The van der Waals surface area contributed by atoms with Crippen molar-refractivity contribution in [3.05, 3.63) is 76.9 Å². The van der Waals surface area contributed by atoms with Crippen LogP contribution in [0.4, 0.5) is 0 Å². The smallest absolute Gasteiger partial charge is 0.0836 e.